The Balaban J connectivity index is 1.61. The minimum absolute atomic E-state index is 0.0255. The third-order valence-electron chi connectivity index (χ3n) is 10.4. The van der Waals surface area contributed by atoms with Crippen LogP contribution in [0.25, 0.3) is 0 Å². The number of esters is 1. The molecule has 2 aliphatic heterocycles. The highest BCUT2D eigenvalue weighted by Crippen LogP contribution is 2.56. The van der Waals surface area contributed by atoms with Crippen LogP contribution in [0.4, 0.5) is 0 Å². The summed E-state index contributed by atoms with van der Waals surface area (Å²) in [5.74, 6) is -5.00. The number of ether oxygens (including phenoxy) is 3. The molecule has 4 aliphatic rings. The SMILES string of the molecule is CCN(CC)[C@H]1C[C@](C)(O)[C@H](C(=O)OC)c2cc3c(c(O)c21)C(=O)c1c(O)cc2c(c1C3=O)O[C@@H]1O[C@@]2(C)[C@H](O)[C@@H](N(C)C)[C@@H]1O. The number of hydrogen-bond acceptors (Lipinski definition) is 13. The quantitative estimate of drug-likeness (QED) is 0.251. The summed E-state index contributed by atoms with van der Waals surface area (Å²) in [6.45, 7) is 7.88. The van der Waals surface area contributed by atoms with Crippen molar-refractivity contribution in [3.8, 4) is 17.2 Å². The number of ketones is 2. The number of fused-ring (bicyclic) bond motifs is 8. The van der Waals surface area contributed by atoms with Crippen molar-refractivity contribution in [3.05, 3.63) is 51.1 Å². The van der Waals surface area contributed by atoms with E-state index in [-0.39, 0.29) is 45.6 Å². The van der Waals surface area contributed by atoms with Gasteiger partial charge in [-0.05, 0) is 65.1 Å². The molecule has 5 N–H and O–H groups in total. The molecule has 1 fully saturated rings. The second-order valence-corrected chi connectivity index (χ2v) is 13.2. The van der Waals surface area contributed by atoms with Gasteiger partial charge in [0.2, 0.25) is 12.1 Å². The fraction of sp³-hybridized carbons (Fsp3) is 0.545. The van der Waals surface area contributed by atoms with Gasteiger partial charge in [-0.15, -0.1) is 0 Å². The van der Waals surface area contributed by atoms with E-state index in [0.29, 0.717) is 13.1 Å². The van der Waals surface area contributed by atoms with Gasteiger partial charge in [0.15, 0.2) is 5.78 Å². The molecule has 13 nitrogen and oxygen atoms in total. The summed E-state index contributed by atoms with van der Waals surface area (Å²) < 4.78 is 17.1. The average molecular weight is 641 g/mol. The lowest BCUT2D eigenvalue weighted by Gasteiger charge is -2.53. The fourth-order valence-corrected chi connectivity index (χ4v) is 8.05. The highest BCUT2D eigenvalue weighted by molar-refractivity contribution is 6.31. The van der Waals surface area contributed by atoms with E-state index in [1.54, 1.807) is 25.9 Å². The van der Waals surface area contributed by atoms with E-state index in [0.717, 1.165) is 0 Å². The number of hydrogen-bond donors (Lipinski definition) is 5. The fourth-order valence-electron chi connectivity index (χ4n) is 8.05. The molecule has 0 aromatic heterocycles. The highest BCUT2D eigenvalue weighted by Gasteiger charge is 2.59. The van der Waals surface area contributed by atoms with Crippen LogP contribution in [0.15, 0.2) is 12.1 Å². The molecular formula is C33H40N2O11. The summed E-state index contributed by atoms with van der Waals surface area (Å²) in [5, 5.41) is 57.3. The maximum absolute atomic E-state index is 14.5. The molecule has 0 saturated carbocycles. The summed E-state index contributed by atoms with van der Waals surface area (Å²) in [6, 6.07) is 1.08. The highest BCUT2D eigenvalue weighted by atomic mass is 16.7. The Bertz CT molecular complexity index is 1670. The summed E-state index contributed by atoms with van der Waals surface area (Å²) in [4.78, 5) is 45.5. The van der Waals surface area contributed by atoms with Gasteiger partial charge in [-0.2, -0.15) is 0 Å². The van der Waals surface area contributed by atoms with Gasteiger partial charge in [-0.1, -0.05) is 13.8 Å². The molecule has 2 aromatic carbocycles. The predicted molar refractivity (Wildman–Crippen MR) is 161 cm³/mol. The Hall–Kier alpha value is -3.59. The van der Waals surface area contributed by atoms with Crippen LogP contribution in [0.1, 0.15) is 94.6 Å². The first kappa shape index (κ1) is 32.4. The summed E-state index contributed by atoms with van der Waals surface area (Å²) in [5.41, 5.74) is -4.10. The van der Waals surface area contributed by atoms with Crippen LogP contribution in [-0.4, -0.2) is 117 Å². The van der Waals surface area contributed by atoms with Crippen molar-refractivity contribution in [2.45, 2.75) is 81.8 Å². The maximum atomic E-state index is 14.5. The third kappa shape index (κ3) is 4.19. The van der Waals surface area contributed by atoms with E-state index in [1.165, 1.54) is 26.2 Å². The average Bonchev–Trinajstić information content (AvgIpc) is 2.98. The maximum Gasteiger partial charge on any atom is 0.316 e. The van der Waals surface area contributed by atoms with Crippen molar-refractivity contribution in [3.63, 3.8) is 0 Å². The van der Waals surface area contributed by atoms with E-state index in [1.807, 2.05) is 18.7 Å². The van der Waals surface area contributed by atoms with Crippen LogP contribution in [0.3, 0.4) is 0 Å². The number of nitrogens with zero attached hydrogens (tertiary/aromatic N) is 2. The first-order valence-corrected chi connectivity index (χ1v) is 15.4. The van der Waals surface area contributed by atoms with E-state index in [9.17, 15) is 39.9 Å². The molecule has 46 heavy (non-hydrogen) atoms. The Labute approximate surface area is 265 Å². The molecule has 13 heteroatoms. The molecule has 0 unspecified atom stereocenters. The lowest BCUT2D eigenvalue weighted by atomic mass is 9.67. The molecule has 0 radical (unpaired) electrons. The molecule has 2 aliphatic carbocycles. The number of carbonyl (C=O) groups excluding carboxylic acids is 3. The Morgan fingerprint density at radius 2 is 1.70 bits per heavy atom. The van der Waals surface area contributed by atoms with Crippen molar-refractivity contribution >= 4 is 17.5 Å². The van der Waals surface area contributed by atoms with Crippen molar-refractivity contribution in [2.24, 2.45) is 0 Å². The molecule has 1 saturated heterocycles. The molecule has 2 heterocycles. The molecule has 2 aromatic rings. The van der Waals surface area contributed by atoms with E-state index >= 15 is 0 Å². The molecule has 0 amide bonds. The standard InChI is InChI=1S/C33H40N2O11/c1-8-35(9-2)16-12-32(3,43)22(30(42)44-7)13-10-14-19(25(38)18(13)16)26(39)20-17(36)11-15-28(21(20)24(14)37)45-31-27(40)23(34(5)6)29(41)33(15,4)46-31/h10-11,16,22-23,27,29,31,36,38,40-41,43H,8-9,12H2,1-7H3/t16-,22-,23-,27-,29+,31+,32-,33+/m0/s1. The van der Waals surface area contributed by atoms with Gasteiger partial charge in [0.1, 0.15) is 41.0 Å². The second kappa shape index (κ2) is 10.7. The number of methoxy groups -OCH3 is 1. The number of likely N-dealkylation sites (N-methyl/N-ethyl adjacent to an activating group) is 1. The van der Waals surface area contributed by atoms with Crippen molar-refractivity contribution in [1.82, 2.24) is 9.80 Å². The minimum Gasteiger partial charge on any atom is -0.507 e. The van der Waals surface area contributed by atoms with Gasteiger partial charge >= 0.3 is 5.97 Å². The summed E-state index contributed by atoms with van der Waals surface area (Å²) in [6.07, 6.45) is -4.01. The van der Waals surface area contributed by atoms with Crippen LogP contribution in [0.5, 0.6) is 17.2 Å². The van der Waals surface area contributed by atoms with Gasteiger partial charge in [0, 0.05) is 22.7 Å². The summed E-state index contributed by atoms with van der Waals surface area (Å²) >= 11 is 0. The smallest absolute Gasteiger partial charge is 0.316 e. The number of carbonyl (C=O) groups is 3. The number of benzene rings is 2. The van der Waals surface area contributed by atoms with Crippen LogP contribution in [0.2, 0.25) is 0 Å². The van der Waals surface area contributed by atoms with E-state index in [2.05, 4.69) is 0 Å². The Morgan fingerprint density at radius 1 is 1.04 bits per heavy atom. The van der Waals surface area contributed by atoms with Gasteiger partial charge in [-0.25, -0.2) is 0 Å². The van der Waals surface area contributed by atoms with Gasteiger partial charge in [-0.3, -0.25) is 19.3 Å². The lowest BCUT2D eigenvalue weighted by Crippen LogP contribution is -2.68. The second-order valence-electron chi connectivity index (χ2n) is 13.2. The van der Waals surface area contributed by atoms with Crippen molar-refractivity contribution < 1.29 is 54.1 Å². The number of rotatable bonds is 5. The molecular weight excluding hydrogens is 600 g/mol. The van der Waals surface area contributed by atoms with Crippen molar-refractivity contribution in [1.29, 1.82) is 0 Å². The number of aliphatic hydroxyl groups is 3. The first-order chi connectivity index (χ1) is 21.5. The molecule has 0 spiro atoms. The van der Waals surface area contributed by atoms with Gasteiger partial charge in [0.25, 0.3) is 0 Å². The number of phenols is 2. The zero-order valence-electron chi connectivity index (χ0n) is 26.8. The first-order valence-electron chi connectivity index (χ1n) is 15.4. The number of aliphatic hydroxyl groups excluding tert-OH is 2. The molecule has 2 bridgehead atoms. The largest absolute Gasteiger partial charge is 0.507 e. The molecule has 6 rings (SSSR count). The number of aromatic hydroxyl groups is 2. The van der Waals surface area contributed by atoms with Crippen LogP contribution < -0.4 is 4.74 Å². The van der Waals surface area contributed by atoms with E-state index in [4.69, 9.17) is 14.2 Å². The zero-order chi connectivity index (χ0) is 33.8. The normalized spacial score (nSPS) is 32.8. The minimum atomic E-state index is -1.65. The van der Waals surface area contributed by atoms with E-state index < -0.39 is 82.3 Å². The Morgan fingerprint density at radius 3 is 2.28 bits per heavy atom. The van der Waals surface area contributed by atoms with Gasteiger partial charge < -0.3 is 44.6 Å². The predicted octanol–water partition coefficient (Wildman–Crippen LogP) is 1.28. The topological polar surface area (TPSA) is 187 Å². The Kier molecular flexibility index (Phi) is 7.54. The van der Waals surface area contributed by atoms with Crippen LogP contribution in [0, 0.1) is 0 Å². The monoisotopic (exact) mass is 640 g/mol. The molecule has 248 valence electrons. The number of phenolic OH excluding ortho intramolecular Hbond substituents is 2. The summed E-state index contributed by atoms with van der Waals surface area (Å²) in [7, 11) is 4.51. The van der Waals surface area contributed by atoms with Crippen LogP contribution >= 0.6 is 0 Å². The molecule has 8 atom stereocenters. The zero-order valence-corrected chi connectivity index (χ0v) is 26.8. The van der Waals surface area contributed by atoms with Crippen LogP contribution in [-0.2, 0) is 19.9 Å². The van der Waals surface area contributed by atoms with Crippen molar-refractivity contribution in [2.75, 3.05) is 34.3 Å². The third-order valence-corrected chi connectivity index (χ3v) is 10.4. The lowest BCUT2D eigenvalue weighted by molar-refractivity contribution is -0.311. The van der Waals surface area contributed by atoms with Gasteiger partial charge in [0.05, 0.1) is 35.4 Å².